The fourth-order valence-electron chi connectivity index (χ4n) is 3.55. The molecule has 0 saturated carbocycles. The number of rotatable bonds is 9. The van der Waals surface area contributed by atoms with E-state index in [-0.39, 0.29) is 11.7 Å². The molecule has 0 radical (unpaired) electrons. The summed E-state index contributed by atoms with van der Waals surface area (Å²) in [5, 5.41) is 2.93. The third-order valence-corrected chi connectivity index (χ3v) is 7.42. The average Bonchev–Trinajstić information content (AvgIpc) is 2.77. The van der Waals surface area contributed by atoms with Gasteiger partial charge in [0.2, 0.25) is 10.0 Å². The van der Waals surface area contributed by atoms with Crippen LogP contribution in [0.2, 0.25) is 0 Å². The Balaban J connectivity index is 1.44. The molecule has 0 bridgehead atoms. The van der Waals surface area contributed by atoms with Crippen LogP contribution >= 0.6 is 0 Å². The first kappa shape index (κ1) is 23.2. The molecule has 2 aromatic rings. The van der Waals surface area contributed by atoms with Crippen LogP contribution in [0.15, 0.2) is 54.6 Å². The number of sulfonamides is 1. The SMILES string of the molecule is CN1CCN(S(=O)(=O)Cc2ccc(C(=O)NCCCN(C)c3ccccc3)cc2)CC1. The molecule has 1 aliphatic heterocycles. The molecule has 8 heteroatoms. The average molecular weight is 445 g/mol. The lowest BCUT2D eigenvalue weighted by molar-refractivity contribution is 0.0953. The Hall–Kier alpha value is -2.42. The molecule has 0 aliphatic carbocycles. The molecule has 2 aromatic carbocycles. The number of nitrogens with zero attached hydrogens (tertiary/aromatic N) is 3. The first-order chi connectivity index (χ1) is 14.8. The monoisotopic (exact) mass is 444 g/mol. The number of hydrogen-bond acceptors (Lipinski definition) is 5. The van der Waals surface area contributed by atoms with E-state index >= 15 is 0 Å². The van der Waals surface area contributed by atoms with Crippen molar-refractivity contribution in [2.24, 2.45) is 0 Å². The van der Waals surface area contributed by atoms with Crippen molar-refractivity contribution in [2.45, 2.75) is 12.2 Å². The number of anilines is 1. The predicted molar refractivity (Wildman–Crippen MR) is 125 cm³/mol. The molecule has 1 heterocycles. The molecule has 1 N–H and O–H groups in total. The zero-order chi connectivity index (χ0) is 22.3. The van der Waals surface area contributed by atoms with Crippen molar-refractivity contribution in [3.05, 3.63) is 65.7 Å². The summed E-state index contributed by atoms with van der Waals surface area (Å²) in [5.74, 6) is -0.180. The molecule has 1 saturated heterocycles. The Morgan fingerprint density at radius 1 is 1.00 bits per heavy atom. The maximum absolute atomic E-state index is 12.6. The van der Waals surface area contributed by atoms with E-state index in [1.165, 1.54) is 0 Å². The second-order valence-corrected chi connectivity index (χ2v) is 9.99. The van der Waals surface area contributed by atoms with E-state index in [9.17, 15) is 13.2 Å². The van der Waals surface area contributed by atoms with Crippen molar-refractivity contribution in [1.82, 2.24) is 14.5 Å². The third kappa shape index (κ3) is 6.78. The van der Waals surface area contributed by atoms with Crippen molar-refractivity contribution < 1.29 is 13.2 Å². The smallest absolute Gasteiger partial charge is 0.251 e. The summed E-state index contributed by atoms with van der Waals surface area (Å²) in [6, 6.07) is 17.0. The van der Waals surface area contributed by atoms with Gasteiger partial charge in [0, 0.05) is 57.6 Å². The number of likely N-dealkylation sites (N-methyl/N-ethyl adjacent to an activating group) is 1. The Morgan fingerprint density at radius 3 is 2.29 bits per heavy atom. The van der Waals surface area contributed by atoms with Crippen LogP contribution in [0.3, 0.4) is 0 Å². The van der Waals surface area contributed by atoms with Crippen LogP contribution in [-0.2, 0) is 15.8 Å². The lowest BCUT2D eigenvalue weighted by Crippen LogP contribution is -2.47. The van der Waals surface area contributed by atoms with Crippen molar-refractivity contribution in [3.8, 4) is 0 Å². The minimum absolute atomic E-state index is 0.0373. The fraction of sp³-hybridized carbons (Fsp3) is 0.435. The second kappa shape index (κ2) is 10.7. The van der Waals surface area contributed by atoms with Gasteiger partial charge in [0.05, 0.1) is 5.75 Å². The standard InChI is InChI=1S/C23H32N4O3S/c1-25-15-17-27(18-16-25)31(29,30)19-20-9-11-21(12-10-20)23(28)24-13-6-14-26(2)22-7-4-3-5-8-22/h3-5,7-12H,6,13-19H2,1-2H3,(H,24,28). The maximum Gasteiger partial charge on any atom is 0.251 e. The van der Waals surface area contributed by atoms with Gasteiger partial charge in [0.1, 0.15) is 0 Å². The molecular formula is C23H32N4O3S. The third-order valence-electron chi connectivity index (χ3n) is 5.57. The largest absolute Gasteiger partial charge is 0.375 e. The highest BCUT2D eigenvalue weighted by molar-refractivity contribution is 7.88. The van der Waals surface area contributed by atoms with Crippen molar-refractivity contribution >= 4 is 21.6 Å². The van der Waals surface area contributed by atoms with Crippen molar-refractivity contribution in [1.29, 1.82) is 0 Å². The van der Waals surface area contributed by atoms with E-state index in [1.54, 1.807) is 28.6 Å². The van der Waals surface area contributed by atoms with Gasteiger partial charge in [-0.3, -0.25) is 4.79 Å². The molecule has 0 aromatic heterocycles. The Labute approximate surface area is 185 Å². The van der Waals surface area contributed by atoms with E-state index in [2.05, 4.69) is 27.2 Å². The maximum atomic E-state index is 12.6. The van der Waals surface area contributed by atoms with Crippen molar-refractivity contribution in [2.75, 3.05) is 58.3 Å². The highest BCUT2D eigenvalue weighted by atomic mass is 32.2. The number of amides is 1. The molecule has 168 valence electrons. The number of piperazine rings is 1. The van der Waals surface area contributed by atoms with Gasteiger partial charge < -0.3 is 15.1 Å². The number of nitrogens with one attached hydrogen (secondary N) is 1. The number of carbonyl (C=O) groups is 1. The highest BCUT2D eigenvalue weighted by Crippen LogP contribution is 2.14. The van der Waals surface area contributed by atoms with Gasteiger partial charge in [-0.15, -0.1) is 0 Å². The molecule has 7 nitrogen and oxygen atoms in total. The van der Waals surface area contributed by atoms with Crippen LogP contribution in [0.5, 0.6) is 0 Å². The van der Waals surface area contributed by atoms with Crippen LogP contribution < -0.4 is 10.2 Å². The highest BCUT2D eigenvalue weighted by Gasteiger charge is 2.25. The summed E-state index contributed by atoms with van der Waals surface area (Å²) in [5.41, 5.74) is 2.38. The van der Waals surface area contributed by atoms with E-state index < -0.39 is 10.0 Å². The Kier molecular flexibility index (Phi) is 8.06. The zero-order valence-electron chi connectivity index (χ0n) is 18.3. The normalized spacial score (nSPS) is 15.5. The van der Waals surface area contributed by atoms with Gasteiger partial charge >= 0.3 is 0 Å². The summed E-state index contributed by atoms with van der Waals surface area (Å²) >= 11 is 0. The van der Waals surface area contributed by atoms with Gasteiger partial charge in [-0.2, -0.15) is 4.31 Å². The van der Waals surface area contributed by atoms with Crippen LogP contribution in [-0.4, -0.2) is 76.9 Å². The first-order valence-electron chi connectivity index (χ1n) is 10.6. The van der Waals surface area contributed by atoms with Crippen LogP contribution in [0.25, 0.3) is 0 Å². The lowest BCUT2D eigenvalue weighted by Gasteiger charge is -2.31. The fourth-order valence-corrected chi connectivity index (χ4v) is 5.07. The Morgan fingerprint density at radius 2 is 1.65 bits per heavy atom. The van der Waals surface area contributed by atoms with Gasteiger partial charge in [-0.1, -0.05) is 30.3 Å². The number of benzene rings is 2. The van der Waals surface area contributed by atoms with Gasteiger partial charge in [-0.25, -0.2) is 8.42 Å². The molecule has 1 aliphatic rings. The molecule has 0 atom stereocenters. The van der Waals surface area contributed by atoms with Crippen LogP contribution in [0, 0.1) is 0 Å². The Bertz CT molecular complexity index is 941. The lowest BCUT2D eigenvalue weighted by atomic mass is 10.1. The number of carbonyl (C=O) groups excluding carboxylic acids is 1. The summed E-state index contributed by atoms with van der Waals surface area (Å²) in [4.78, 5) is 16.7. The number of hydrogen-bond donors (Lipinski definition) is 1. The molecular weight excluding hydrogens is 412 g/mol. The van der Waals surface area contributed by atoms with Crippen molar-refractivity contribution in [3.63, 3.8) is 0 Å². The topological polar surface area (TPSA) is 73.0 Å². The second-order valence-electron chi connectivity index (χ2n) is 8.02. The van der Waals surface area contributed by atoms with Crippen LogP contribution in [0.4, 0.5) is 5.69 Å². The van der Waals surface area contributed by atoms with E-state index in [0.29, 0.717) is 30.8 Å². The van der Waals surface area contributed by atoms with Crippen LogP contribution in [0.1, 0.15) is 22.3 Å². The molecule has 1 amide bonds. The molecule has 1 fully saturated rings. The van der Waals surface area contributed by atoms with E-state index in [4.69, 9.17) is 0 Å². The summed E-state index contributed by atoms with van der Waals surface area (Å²) in [6.07, 6.45) is 0.832. The minimum Gasteiger partial charge on any atom is -0.375 e. The molecule has 3 rings (SSSR count). The quantitative estimate of drug-likeness (QED) is 0.599. The molecule has 31 heavy (non-hydrogen) atoms. The van der Waals surface area contributed by atoms with Gasteiger partial charge in [-0.05, 0) is 43.3 Å². The van der Waals surface area contributed by atoms with Gasteiger partial charge in [0.15, 0.2) is 0 Å². The summed E-state index contributed by atoms with van der Waals surface area (Å²) in [7, 11) is 0.689. The predicted octanol–water partition coefficient (Wildman–Crippen LogP) is 2.02. The zero-order valence-corrected chi connectivity index (χ0v) is 19.1. The summed E-state index contributed by atoms with van der Waals surface area (Å²) in [6.45, 7) is 3.97. The first-order valence-corrected chi connectivity index (χ1v) is 12.3. The molecule has 0 unspecified atom stereocenters. The van der Waals surface area contributed by atoms with E-state index in [0.717, 1.165) is 31.7 Å². The number of para-hydroxylation sites is 1. The van der Waals surface area contributed by atoms with E-state index in [1.807, 2.05) is 32.3 Å². The van der Waals surface area contributed by atoms with Gasteiger partial charge in [0.25, 0.3) is 5.91 Å². The minimum atomic E-state index is -3.34. The summed E-state index contributed by atoms with van der Waals surface area (Å²) < 4.78 is 26.8. The molecule has 0 spiro atoms.